The quantitative estimate of drug-likeness (QED) is 0.913. The molecule has 0 spiro atoms. The van der Waals surface area contributed by atoms with E-state index in [0.29, 0.717) is 0 Å². The molecule has 2 rings (SSSR count). The third-order valence-corrected chi connectivity index (χ3v) is 3.36. The smallest absolute Gasteiger partial charge is 0.405 e. The minimum atomic E-state index is -0.729. The van der Waals surface area contributed by atoms with Gasteiger partial charge >= 0.3 is 6.09 Å². The number of aromatic nitrogens is 1. The van der Waals surface area contributed by atoms with Gasteiger partial charge in [0, 0.05) is 12.4 Å². The number of primary amides is 1. The molecule has 1 aromatic heterocycles. The number of carbonyl (C=O) groups is 1. The monoisotopic (exact) mass is 284 g/mol. The highest BCUT2D eigenvalue weighted by Crippen LogP contribution is 2.21. The first-order chi connectivity index (χ1) is 9.96. The third kappa shape index (κ3) is 4.60. The minimum Gasteiger partial charge on any atom is -0.444 e. The van der Waals surface area contributed by atoms with Crippen molar-refractivity contribution in [3.63, 3.8) is 0 Å². The summed E-state index contributed by atoms with van der Waals surface area (Å²) in [4.78, 5) is 14.8. The van der Waals surface area contributed by atoms with Gasteiger partial charge in [0.2, 0.25) is 0 Å². The van der Waals surface area contributed by atoms with Crippen molar-refractivity contribution in [1.29, 1.82) is 0 Å². The first-order valence-electron chi connectivity index (χ1n) is 6.94. The largest absolute Gasteiger partial charge is 0.444 e. The first-order valence-corrected chi connectivity index (χ1v) is 6.94. The Labute approximate surface area is 125 Å². The lowest BCUT2D eigenvalue weighted by Crippen LogP contribution is -2.31. The summed E-state index contributed by atoms with van der Waals surface area (Å²) in [7, 11) is 0. The number of benzene rings is 1. The summed E-state index contributed by atoms with van der Waals surface area (Å²) < 4.78 is 5.08. The number of pyridine rings is 1. The molecule has 2 aromatic rings. The van der Waals surface area contributed by atoms with Crippen molar-refractivity contribution in [1.82, 2.24) is 4.98 Å². The molecule has 0 atom stereocenters. The number of carbonyl (C=O) groups excluding carboxylic acids is 1. The molecule has 0 unspecified atom stereocenters. The Bertz CT molecular complexity index is 592. The van der Waals surface area contributed by atoms with Crippen molar-refractivity contribution >= 4 is 6.09 Å². The molecule has 0 aliphatic heterocycles. The Balaban J connectivity index is 1.99. The Kier molecular flexibility index (Phi) is 4.58. The van der Waals surface area contributed by atoms with Crippen LogP contribution >= 0.6 is 0 Å². The van der Waals surface area contributed by atoms with Crippen LogP contribution in [0.1, 0.15) is 25.8 Å². The van der Waals surface area contributed by atoms with E-state index in [1.54, 1.807) is 12.4 Å². The minimum absolute atomic E-state index is 0.546. The number of aryl methyl sites for hydroxylation is 1. The molecule has 0 saturated heterocycles. The summed E-state index contributed by atoms with van der Waals surface area (Å²) in [6.07, 6.45) is 4.40. The second kappa shape index (κ2) is 6.39. The van der Waals surface area contributed by atoms with E-state index in [4.69, 9.17) is 10.5 Å². The van der Waals surface area contributed by atoms with Crippen molar-refractivity contribution in [3.05, 3.63) is 54.4 Å². The molecule has 0 bridgehead atoms. The van der Waals surface area contributed by atoms with Gasteiger partial charge in [0.15, 0.2) is 0 Å². The molecular formula is C17H20N2O2. The molecular weight excluding hydrogens is 264 g/mol. The number of ether oxygens (including phenoxy) is 1. The van der Waals surface area contributed by atoms with Gasteiger partial charge in [-0.15, -0.1) is 0 Å². The number of amides is 1. The van der Waals surface area contributed by atoms with Crippen LogP contribution in [0.15, 0.2) is 48.8 Å². The fourth-order valence-electron chi connectivity index (χ4n) is 2.18. The molecule has 0 aliphatic carbocycles. The van der Waals surface area contributed by atoms with Crippen LogP contribution in [0.5, 0.6) is 0 Å². The predicted molar refractivity (Wildman–Crippen MR) is 82.7 cm³/mol. The Morgan fingerprint density at radius 3 is 2.24 bits per heavy atom. The standard InChI is InChI=1S/C17H20N2O2/c1-17(2,21-16(18)20)10-7-13-3-5-14(6-4-13)15-8-11-19-12-9-15/h3-6,8-9,11-12H,7,10H2,1-2H3,(H2,18,20). The van der Waals surface area contributed by atoms with Crippen LogP contribution in [-0.2, 0) is 11.2 Å². The van der Waals surface area contributed by atoms with Gasteiger partial charge in [0.05, 0.1) is 0 Å². The van der Waals surface area contributed by atoms with Crippen molar-refractivity contribution < 1.29 is 9.53 Å². The topological polar surface area (TPSA) is 65.2 Å². The van der Waals surface area contributed by atoms with Crippen LogP contribution in [0.3, 0.4) is 0 Å². The van der Waals surface area contributed by atoms with Crippen LogP contribution in [0, 0.1) is 0 Å². The summed E-state index contributed by atoms with van der Waals surface area (Å²) in [5.41, 5.74) is 8.03. The summed E-state index contributed by atoms with van der Waals surface area (Å²) in [6.45, 7) is 3.73. The van der Waals surface area contributed by atoms with Crippen LogP contribution < -0.4 is 5.73 Å². The van der Waals surface area contributed by atoms with E-state index >= 15 is 0 Å². The molecule has 21 heavy (non-hydrogen) atoms. The molecule has 110 valence electrons. The van der Waals surface area contributed by atoms with E-state index in [1.165, 1.54) is 5.56 Å². The molecule has 4 heteroatoms. The summed E-state index contributed by atoms with van der Waals surface area (Å²) in [6, 6.07) is 12.3. The van der Waals surface area contributed by atoms with Gasteiger partial charge in [0.25, 0.3) is 0 Å². The van der Waals surface area contributed by atoms with Gasteiger partial charge in [-0.05, 0) is 55.5 Å². The van der Waals surface area contributed by atoms with Gasteiger partial charge in [0.1, 0.15) is 5.60 Å². The summed E-state index contributed by atoms with van der Waals surface area (Å²) in [5.74, 6) is 0. The Hall–Kier alpha value is -2.36. The lowest BCUT2D eigenvalue weighted by molar-refractivity contribution is 0.0394. The number of hydrogen-bond acceptors (Lipinski definition) is 3. The molecule has 0 radical (unpaired) electrons. The fraction of sp³-hybridized carbons (Fsp3) is 0.294. The third-order valence-electron chi connectivity index (χ3n) is 3.36. The lowest BCUT2D eigenvalue weighted by atomic mass is 9.97. The number of rotatable bonds is 5. The average Bonchev–Trinajstić information content (AvgIpc) is 2.45. The van der Waals surface area contributed by atoms with Gasteiger partial charge in [-0.1, -0.05) is 24.3 Å². The zero-order chi connectivity index (χ0) is 15.3. The highest BCUT2D eigenvalue weighted by atomic mass is 16.6. The average molecular weight is 284 g/mol. The van der Waals surface area contributed by atoms with Crippen molar-refractivity contribution in [2.24, 2.45) is 5.73 Å². The molecule has 4 nitrogen and oxygen atoms in total. The normalized spacial score (nSPS) is 11.1. The van der Waals surface area contributed by atoms with Crippen LogP contribution in [-0.4, -0.2) is 16.7 Å². The zero-order valence-electron chi connectivity index (χ0n) is 12.4. The number of nitrogens with zero attached hydrogens (tertiary/aromatic N) is 1. The van der Waals surface area contributed by atoms with E-state index in [2.05, 4.69) is 29.2 Å². The van der Waals surface area contributed by atoms with Gasteiger partial charge in [-0.2, -0.15) is 0 Å². The van der Waals surface area contributed by atoms with E-state index in [-0.39, 0.29) is 0 Å². The highest BCUT2D eigenvalue weighted by molar-refractivity contribution is 5.65. The zero-order valence-corrected chi connectivity index (χ0v) is 12.4. The SMILES string of the molecule is CC(C)(CCc1ccc(-c2ccncc2)cc1)OC(N)=O. The molecule has 1 aromatic carbocycles. The van der Waals surface area contributed by atoms with Gasteiger partial charge in [-0.25, -0.2) is 4.79 Å². The molecule has 1 heterocycles. The van der Waals surface area contributed by atoms with E-state index in [9.17, 15) is 4.79 Å². The van der Waals surface area contributed by atoms with Gasteiger partial charge < -0.3 is 10.5 Å². The van der Waals surface area contributed by atoms with E-state index in [1.807, 2.05) is 26.0 Å². The molecule has 0 aliphatic rings. The maximum Gasteiger partial charge on any atom is 0.405 e. The van der Waals surface area contributed by atoms with Crippen LogP contribution in [0.2, 0.25) is 0 Å². The fourth-order valence-corrected chi connectivity index (χ4v) is 2.18. The van der Waals surface area contributed by atoms with Gasteiger partial charge in [-0.3, -0.25) is 4.98 Å². The Morgan fingerprint density at radius 2 is 1.67 bits per heavy atom. The second-order valence-corrected chi connectivity index (χ2v) is 5.61. The maximum atomic E-state index is 10.8. The maximum absolute atomic E-state index is 10.8. The molecule has 0 fully saturated rings. The summed E-state index contributed by atoms with van der Waals surface area (Å²) >= 11 is 0. The Morgan fingerprint density at radius 1 is 1.10 bits per heavy atom. The van der Waals surface area contributed by atoms with Crippen LogP contribution in [0.25, 0.3) is 11.1 Å². The van der Waals surface area contributed by atoms with E-state index < -0.39 is 11.7 Å². The predicted octanol–water partition coefficient (Wildman–Crippen LogP) is 3.56. The number of hydrogen-bond donors (Lipinski definition) is 1. The molecule has 0 saturated carbocycles. The summed E-state index contributed by atoms with van der Waals surface area (Å²) in [5, 5.41) is 0. The molecule has 1 amide bonds. The molecule has 2 N–H and O–H groups in total. The number of nitrogens with two attached hydrogens (primary N) is 1. The van der Waals surface area contributed by atoms with Crippen molar-refractivity contribution in [3.8, 4) is 11.1 Å². The lowest BCUT2D eigenvalue weighted by Gasteiger charge is -2.23. The van der Waals surface area contributed by atoms with E-state index in [0.717, 1.165) is 24.0 Å². The first kappa shape index (κ1) is 15.0. The van der Waals surface area contributed by atoms with Crippen LogP contribution in [0.4, 0.5) is 4.79 Å². The second-order valence-electron chi connectivity index (χ2n) is 5.61. The van der Waals surface area contributed by atoms with Crippen molar-refractivity contribution in [2.45, 2.75) is 32.3 Å². The highest BCUT2D eigenvalue weighted by Gasteiger charge is 2.21. The van der Waals surface area contributed by atoms with Crippen molar-refractivity contribution in [2.75, 3.05) is 0 Å².